The highest BCUT2D eigenvalue weighted by atomic mass is 19.1. The summed E-state index contributed by atoms with van der Waals surface area (Å²) in [5.74, 6) is 0.859. The van der Waals surface area contributed by atoms with Gasteiger partial charge in [0, 0.05) is 12.7 Å². The van der Waals surface area contributed by atoms with Gasteiger partial charge in [-0.3, -0.25) is 4.79 Å². The molecule has 0 aliphatic rings. The molecule has 3 rings (SSSR count). The minimum absolute atomic E-state index is 0.166. The van der Waals surface area contributed by atoms with Crippen molar-refractivity contribution in [1.29, 1.82) is 0 Å². The highest BCUT2D eigenvalue weighted by Crippen LogP contribution is 2.26. The van der Waals surface area contributed by atoms with Gasteiger partial charge in [-0.05, 0) is 54.6 Å². The Bertz CT molecular complexity index is 895. The van der Waals surface area contributed by atoms with Crippen molar-refractivity contribution in [2.24, 2.45) is 0 Å². The Balaban J connectivity index is 1.78. The van der Waals surface area contributed by atoms with E-state index >= 15 is 0 Å². The zero-order valence-corrected chi connectivity index (χ0v) is 14.5. The molecular weight excluding hydrogens is 333 g/mol. The van der Waals surface area contributed by atoms with Crippen LogP contribution >= 0.6 is 0 Å². The van der Waals surface area contributed by atoms with Gasteiger partial charge in [-0.15, -0.1) is 0 Å². The van der Waals surface area contributed by atoms with Crippen molar-refractivity contribution >= 4 is 11.6 Å². The number of methoxy groups -OCH3 is 1. The van der Waals surface area contributed by atoms with Gasteiger partial charge in [0.1, 0.15) is 23.1 Å². The molecule has 0 fully saturated rings. The molecule has 0 aromatic heterocycles. The van der Waals surface area contributed by atoms with E-state index < -0.39 is 5.82 Å². The number of hydrogen-bond acceptors (Lipinski definition) is 3. The maximum atomic E-state index is 13.5. The maximum Gasteiger partial charge on any atom is 0.261 e. The van der Waals surface area contributed by atoms with Gasteiger partial charge in [0.25, 0.3) is 5.91 Å². The van der Waals surface area contributed by atoms with E-state index in [2.05, 4.69) is 0 Å². The van der Waals surface area contributed by atoms with Crippen LogP contribution in [0.2, 0.25) is 0 Å². The molecule has 0 aliphatic carbocycles. The zero-order chi connectivity index (χ0) is 18.5. The summed E-state index contributed by atoms with van der Waals surface area (Å²) in [4.78, 5) is 14.1. The standard InChI is InChI=1S/C21H18FNO3/c1-23(21(24)19-14-15(22)8-13-20(19)25-2)16-9-11-18(12-10-16)26-17-6-4-3-5-7-17/h3-14H,1-2H3. The van der Waals surface area contributed by atoms with E-state index in [0.29, 0.717) is 17.2 Å². The molecule has 0 saturated carbocycles. The highest BCUT2D eigenvalue weighted by Gasteiger charge is 2.19. The number of rotatable bonds is 5. The second-order valence-corrected chi connectivity index (χ2v) is 5.62. The van der Waals surface area contributed by atoms with Crippen LogP contribution in [0.3, 0.4) is 0 Å². The maximum absolute atomic E-state index is 13.5. The predicted molar refractivity (Wildman–Crippen MR) is 98.6 cm³/mol. The van der Waals surface area contributed by atoms with Crippen molar-refractivity contribution in [2.75, 3.05) is 19.1 Å². The SMILES string of the molecule is COc1ccc(F)cc1C(=O)N(C)c1ccc(Oc2ccccc2)cc1. The lowest BCUT2D eigenvalue weighted by atomic mass is 10.1. The molecule has 3 aromatic carbocycles. The molecule has 0 saturated heterocycles. The first-order chi connectivity index (χ1) is 12.6. The van der Waals surface area contributed by atoms with Crippen LogP contribution in [-0.4, -0.2) is 20.1 Å². The van der Waals surface area contributed by atoms with E-state index in [-0.39, 0.29) is 11.5 Å². The molecule has 0 heterocycles. The molecule has 0 spiro atoms. The van der Waals surface area contributed by atoms with E-state index in [0.717, 1.165) is 5.75 Å². The molecule has 3 aromatic rings. The molecule has 4 nitrogen and oxygen atoms in total. The molecule has 132 valence electrons. The number of anilines is 1. The van der Waals surface area contributed by atoms with Crippen molar-refractivity contribution in [3.05, 3.63) is 84.2 Å². The monoisotopic (exact) mass is 351 g/mol. The Labute approximate surface area is 151 Å². The fraction of sp³-hybridized carbons (Fsp3) is 0.0952. The van der Waals surface area contributed by atoms with Crippen molar-refractivity contribution in [1.82, 2.24) is 0 Å². The lowest BCUT2D eigenvalue weighted by Gasteiger charge is -2.19. The number of benzene rings is 3. The molecule has 1 amide bonds. The average molecular weight is 351 g/mol. The average Bonchev–Trinajstić information content (AvgIpc) is 2.68. The molecule has 0 atom stereocenters. The van der Waals surface area contributed by atoms with Crippen LogP contribution < -0.4 is 14.4 Å². The fourth-order valence-electron chi connectivity index (χ4n) is 2.51. The normalized spacial score (nSPS) is 10.3. The van der Waals surface area contributed by atoms with Crippen LogP contribution in [0.25, 0.3) is 0 Å². The number of hydrogen-bond donors (Lipinski definition) is 0. The lowest BCUT2D eigenvalue weighted by molar-refractivity contribution is 0.0989. The van der Waals surface area contributed by atoms with Gasteiger partial charge in [0.15, 0.2) is 0 Å². The Hall–Kier alpha value is -3.34. The van der Waals surface area contributed by atoms with E-state index in [4.69, 9.17) is 9.47 Å². The number of nitrogens with zero attached hydrogens (tertiary/aromatic N) is 1. The lowest BCUT2D eigenvalue weighted by Crippen LogP contribution is -2.26. The van der Waals surface area contributed by atoms with Crippen LogP contribution in [0.5, 0.6) is 17.2 Å². The Kier molecular flexibility index (Phi) is 5.17. The number of ether oxygens (including phenoxy) is 2. The smallest absolute Gasteiger partial charge is 0.261 e. The van der Waals surface area contributed by atoms with Gasteiger partial charge in [0.2, 0.25) is 0 Å². The third kappa shape index (κ3) is 3.83. The Morgan fingerprint density at radius 1 is 0.923 bits per heavy atom. The van der Waals surface area contributed by atoms with Crippen LogP contribution in [0.15, 0.2) is 72.8 Å². The summed E-state index contributed by atoms with van der Waals surface area (Å²) in [7, 11) is 3.07. The first-order valence-electron chi connectivity index (χ1n) is 8.03. The summed E-state index contributed by atoms with van der Waals surface area (Å²) in [5, 5.41) is 0. The third-order valence-electron chi connectivity index (χ3n) is 3.90. The van der Waals surface area contributed by atoms with Gasteiger partial charge in [-0.2, -0.15) is 0 Å². The molecule has 0 aliphatic heterocycles. The number of carbonyl (C=O) groups is 1. The fourth-order valence-corrected chi connectivity index (χ4v) is 2.51. The second-order valence-electron chi connectivity index (χ2n) is 5.62. The van der Waals surface area contributed by atoms with Crippen molar-refractivity contribution in [3.8, 4) is 17.2 Å². The first-order valence-corrected chi connectivity index (χ1v) is 8.03. The summed E-state index contributed by atoms with van der Waals surface area (Å²) in [6, 6.07) is 20.4. The van der Waals surface area contributed by atoms with E-state index in [9.17, 15) is 9.18 Å². The molecule has 0 N–H and O–H groups in total. The Morgan fingerprint density at radius 3 is 2.23 bits per heavy atom. The van der Waals surface area contributed by atoms with Gasteiger partial charge >= 0.3 is 0 Å². The van der Waals surface area contributed by atoms with Crippen LogP contribution in [-0.2, 0) is 0 Å². The second kappa shape index (κ2) is 7.70. The van der Waals surface area contributed by atoms with Crippen LogP contribution in [0.1, 0.15) is 10.4 Å². The molecular formula is C21H18FNO3. The quantitative estimate of drug-likeness (QED) is 0.656. The summed E-state index contributed by atoms with van der Waals surface area (Å²) < 4.78 is 24.4. The summed E-state index contributed by atoms with van der Waals surface area (Å²) in [6.45, 7) is 0. The third-order valence-corrected chi connectivity index (χ3v) is 3.90. The Morgan fingerprint density at radius 2 is 1.58 bits per heavy atom. The predicted octanol–water partition coefficient (Wildman–Crippen LogP) is 4.90. The minimum atomic E-state index is -0.492. The van der Waals surface area contributed by atoms with Crippen molar-refractivity contribution < 1.29 is 18.7 Å². The number of halogens is 1. The van der Waals surface area contributed by atoms with Gasteiger partial charge < -0.3 is 14.4 Å². The van der Waals surface area contributed by atoms with E-state index in [1.54, 1.807) is 31.3 Å². The van der Waals surface area contributed by atoms with E-state index in [1.165, 1.54) is 30.2 Å². The van der Waals surface area contributed by atoms with E-state index in [1.807, 2.05) is 30.3 Å². The molecule has 0 radical (unpaired) electrons. The molecule has 0 unspecified atom stereocenters. The number of para-hydroxylation sites is 1. The highest BCUT2D eigenvalue weighted by molar-refractivity contribution is 6.07. The topological polar surface area (TPSA) is 38.8 Å². The van der Waals surface area contributed by atoms with Gasteiger partial charge in [-0.25, -0.2) is 4.39 Å². The molecule has 26 heavy (non-hydrogen) atoms. The van der Waals surface area contributed by atoms with Crippen molar-refractivity contribution in [3.63, 3.8) is 0 Å². The van der Waals surface area contributed by atoms with Crippen LogP contribution in [0, 0.1) is 5.82 Å². The van der Waals surface area contributed by atoms with Gasteiger partial charge in [0.05, 0.1) is 12.7 Å². The minimum Gasteiger partial charge on any atom is -0.496 e. The van der Waals surface area contributed by atoms with Gasteiger partial charge in [-0.1, -0.05) is 18.2 Å². The van der Waals surface area contributed by atoms with Crippen LogP contribution in [0.4, 0.5) is 10.1 Å². The summed E-state index contributed by atoms with van der Waals surface area (Å²) >= 11 is 0. The first kappa shape index (κ1) is 17.5. The largest absolute Gasteiger partial charge is 0.496 e. The number of carbonyl (C=O) groups excluding carboxylic acids is 1. The van der Waals surface area contributed by atoms with Crippen molar-refractivity contribution in [2.45, 2.75) is 0 Å². The summed E-state index contributed by atoms with van der Waals surface area (Å²) in [6.07, 6.45) is 0. The molecule has 0 bridgehead atoms. The molecule has 5 heteroatoms. The number of amides is 1. The summed E-state index contributed by atoms with van der Waals surface area (Å²) in [5.41, 5.74) is 0.821. The zero-order valence-electron chi connectivity index (χ0n) is 14.5.